The lowest BCUT2D eigenvalue weighted by atomic mass is 10.1. The third-order valence-corrected chi connectivity index (χ3v) is 5.30. The van der Waals surface area contributed by atoms with Crippen LogP contribution in [0.25, 0.3) is 17.2 Å². The first kappa shape index (κ1) is 22.4. The fourth-order valence-electron chi connectivity index (χ4n) is 3.75. The summed E-state index contributed by atoms with van der Waals surface area (Å²) in [6, 6.07) is 6.46. The first-order chi connectivity index (χ1) is 16.1. The van der Waals surface area contributed by atoms with E-state index in [9.17, 15) is 9.18 Å². The van der Waals surface area contributed by atoms with Crippen LogP contribution in [-0.2, 0) is 9.53 Å². The zero-order chi connectivity index (χ0) is 23.2. The summed E-state index contributed by atoms with van der Waals surface area (Å²) in [5, 5.41) is 12.2. The molecular formula is C22H24FN7O3. The molecule has 1 saturated heterocycles. The van der Waals surface area contributed by atoms with Crippen LogP contribution in [0, 0.1) is 17.1 Å². The van der Waals surface area contributed by atoms with Crippen LogP contribution in [0.5, 0.6) is 5.88 Å². The highest BCUT2D eigenvalue weighted by Gasteiger charge is 2.24. The molecule has 0 saturated carbocycles. The van der Waals surface area contributed by atoms with Gasteiger partial charge in [-0.15, -0.1) is 0 Å². The summed E-state index contributed by atoms with van der Waals surface area (Å²) in [7, 11) is 1.58. The van der Waals surface area contributed by atoms with E-state index in [-0.39, 0.29) is 18.4 Å². The molecule has 3 aromatic heterocycles. The van der Waals surface area contributed by atoms with Crippen molar-refractivity contribution in [3.8, 4) is 23.5 Å². The van der Waals surface area contributed by atoms with Crippen molar-refractivity contribution in [1.29, 1.82) is 5.26 Å². The Balaban J connectivity index is 1.62. The summed E-state index contributed by atoms with van der Waals surface area (Å²) < 4.78 is 26.2. The number of nitriles is 1. The summed E-state index contributed by atoms with van der Waals surface area (Å²) in [6.45, 7) is 1.79. The number of amides is 1. The molecule has 1 N–H and O–H groups in total. The van der Waals surface area contributed by atoms with E-state index in [0.29, 0.717) is 55.2 Å². The molecule has 1 fully saturated rings. The SMILES string of the molecule is COCCOc1cc(NC2CCCN(C(=O)CC#N)C2)nc(-c2cnc3ccc(F)cn23)n1. The fourth-order valence-corrected chi connectivity index (χ4v) is 3.75. The minimum Gasteiger partial charge on any atom is -0.475 e. The van der Waals surface area contributed by atoms with E-state index in [1.54, 1.807) is 34.7 Å². The molecule has 3 aromatic rings. The zero-order valence-electron chi connectivity index (χ0n) is 18.2. The second-order valence-electron chi connectivity index (χ2n) is 7.63. The number of nitrogens with one attached hydrogen (secondary N) is 1. The first-order valence-electron chi connectivity index (χ1n) is 10.6. The van der Waals surface area contributed by atoms with E-state index in [1.165, 1.54) is 12.3 Å². The number of aromatic nitrogens is 4. The molecular weight excluding hydrogens is 429 g/mol. The lowest BCUT2D eigenvalue weighted by molar-refractivity contribution is -0.131. The Labute approximate surface area is 190 Å². The van der Waals surface area contributed by atoms with Crippen molar-refractivity contribution in [3.05, 3.63) is 36.4 Å². The molecule has 1 atom stereocenters. The number of fused-ring (bicyclic) bond motifs is 1. The molecule has 172 valence electrons. The second kappa shape index (κ2) is 10.2. The molecule has 0 bridgehead atoms. The largest absolute Gasteiger partial charge is 0.475 e. The number of carbonyl (C=O) groups is 1. The molecule has 0 radical (unpaired) electrons. The number of carbonyl (C=O) groups excluding carboxylic acids is 1. The predicted octanol–water partition coefficient (Wildman–Crippen LogP) is 2.27. The summed E-state index contributed by atoms with van der Waals surface area (Å²) in [6.07, 6.45) is 4.43. The number of nitrogens with zero attached hydrogens (tertiary/aromatic N) is 6. The molecule has 33 heavy (non-hydrogen) atoms. The van der Waals surface area contributed by atoms with Gasteiger partial charge < -0.3 is 19.7 Å². The maximum Gasteiger partial charge on any atom is 0.236 e. The molecule has 1 aliphatic heterocycles. The van der Waals surface area contributed by atoms with Crippen molar-refractivity contribution < 1.29 is 18.7 Å². The normalized spacial score (nSPS) is 15.9. The Hall–Kier alpha value is -3.78. The van der Waals surface area contributed by atoms with Crippen LogP contribution >= 0.6 is 0 Å². The highest BCUT2D eigenvalue weighted by Crippen LogP contribution is 2.24. The van der Waals surface area contributed by atoms with Gasteiger partial charge in [-0.05, 0) is 25.0 Å². The number of piperidine rings is 1. The molecule has 11 heteroatoms. The summed E-state index contributed by atoms with van der Waals surface area (Å²) in [5.41, 5.74) is 1.08. The van der Waals surface area contributed by atoms with Crippen LogP contribution in [0.15, 0.2) is 30.6 Å². The Bertz CT molecular complexity index is 1180. The number of likely N-dealkylation sites (tertiary alicyclic amines) is 1. The predicted molar refractivity (Wildman–Crippen MR) is 117 cm³/mol. The molecule has 10 nitrogen and oxygen atoms in total. The van der Waals surface area contributed by atoms with Gasteiger partial charge in [0.25, 0.3) is 0 Å². The Morgan fingerprint density at radius 1 is 1.36 bits per heavy atom. The van der Waals surface area contributed by atoms with Gasteiger partial charge in [0.05, 0.1) is 18.9 Å². The minimum absolute atomic E-state index is 0.0457. The third-order valence-electron chi connectivity index (χ3n) is 5.30. The van der Waals surface area contributed by atoms with E-state index in [2.05, 4.69) is 20.3 Å². The molecule has 1 aliphatic rings. The molecule has 4 rings (SSSR count). The monoisotopic (exact) mass is 453 g/mol. The number of imidazole rings is 1. The average molecular weight is 453 g/mol. The lowest BCUT2D eigenvalue weighted by Crippen LogP contribution is -2.45. The maximum atomic E-state index is 13.8. The molecule has 0 aliphatic carbocycles. The van der Waals surface area contributed by atoms with E-state index in [1.807, 2.05) is 6.07 Å². The van der Waals surface area contributed by atoms with Gasteiger partial charge in [0.1, 0.15) is 36.0 Å². The Morgan fingerprint density at radius 3 is 3.06 bits per heavy atom. The van der Waals surface area contributed by atoms with Gasteiger partial charge in [-0.1, -0.05) is 0 Å². The van der Waals surface area contributed by atoms with Gasteiger partial charge in [-0.25, -0.2) is 14.4 Å². The number of pyridine rings is 1. The highest BCUT2D eigenvalue weighted by atomic mass is 19.1. The molecule has 4 heterocycles. The van der Waals surface area contributed by atoms with Crippen LogP contribution in [0.2, 0.25) is 0 Å². The molecule has 1 unspecified atom stereocenters. The van der Waals surface area contributed by atoms with Crippen LogP contribution in [-0.4, -0.2) is 69.6 Å². The maximum absolute atomic E-state index is 13.8. The van der Waals surface area contributed by atoms with Crippen molar-refractivity contribution in [2.24, 2.45) is 0 Å². The zero-order valence-corrected chi connectivity index (χ0v) is 18.2. The van der Waals surface area contributed by atoms with Crippen LogP contribution in [0.3, 0.4) is 0 Å². The van der Waals surface area contributed by atoms with E-state index in [4.69, 9.17) is 14.7 Å². The minimum atomic E-state index is -0.406. The number of halogens is 1. The Morgan fingerprint density at radius 2 is 2.24 bits per heavy atom. The quantitative estimate of drug-likeness (QED) is 0.516. The van der Waals surface area contributed by atoms with Crippen molar-refractivity contribution in [2.75, 3.05) is 38.7 Å². The summed E-state index contributed by atoms with van der Waals surface area (Å²) >= 11 is 0. The van der Waals surface area contributed by atoms with Gasteiger partial charge >= 0.3 is 0 Å². The smallest absolute Gasteiger partial charge is 0.236 e. The van der Waals surface area contributed by atoms with Crippen LogP contribution in [0.1, 0.15) is 19.3 Å². The van der Waals surface area contributed by atoms with Gasteiger partial charge in [0.2, 0.25) is 11.8 Å². The first-order valence-corrected chi connectivity index (χ1v) is 10.6. The topological polar surface area (TPSA) is 118 Å². The highest BCUT2D eigenvalue weighted by molar-refractivity contribution is 5.78. The van der Waals surface area contributed by atoms with Crippen molar-refractivity contribution in [3.63, 3.8) is 0 Å². The number of rotatable bonds is 8. The van der Waals surface area contributed by atoms with Gasteiger partial charge in [0.15, 0.2) is 5.82 Å². The number of hydrogen-bond donors (Lipinski definition) is 1. The van der Waals surface area contributed by atoms with E-state index in [0.717, 1.165) is 12.8 Å². The third kappa shape index (κ3) is 5.35. The van der Waals surface area contributed by atoms with Gasteiger partial charge in [-0.3, -0.25) is 9.20 Å². The van der Waals surface area contributed by atoms with E-state index < -0.39 is 5.82 Å². The number of anilines is 1. The standard InChI is InChI=1S/C22H24FN7O3/c1-32-9-10-33-20-11-18(26-16-3-2-8-29(14-16)21(31)6-7-24)27-22(28-20)17-12-25-19-5-4-15(23)13-30(17)19/h4-5,11-13,16H,2-3,6,8-10,14H2,1H3,(H,26,27,28). The van der Waals surface area contributed by atoms with Crippen molar-refractivity contribution in [2.45, 2.75) is 25.3 Å². The van der Waals surface area contributed by atoms with Crippen LogP contribution in [0.4, 0.5) is 10.2 Å². The average Bonchev–Trinajstić information content (AvgIpc) is 3.22. The van der Waals surface area contributed by atoms with Crippen molar-refractivity contribution >= 4 is 17.4 Å². The van der Waals surface area contributed by atoms with Gasteiger partial charge in [0, 0.05) is 38.5 Å². The molecule has 0 aromatic carbocycles. The Kier molecular flexibility index (Phi) is 6.95. The number of hydrogen-bond acceptors (Lipinski definition) is 8. The fraction of sp³-hybridized carbons (Fsp3) is 0.409. The van der Waals surface area contributed by atoms with E-state index >= 15 is 0 Å². The van der Waals surface area contributed by atoms with Crippen LogP contribution < -0.4 is 10.1 Å². The summed E-state index contributed by atoms with van der Waals surface area (Å²) in [4.78, 5) is 27.2. The van der Waals surface area contributed by atoms with Gasteiger partial charge in [-0.2, -0.15) is 10.2 Å². The van der Waals surface area contributed by atoms with Crippen molar-refractivity contribution in [1.82, 2.24) is 24.3 Å². The molecule has 0 spiro atoms. The number of ether oxygens (including phenoxy) is 2. The number of methoxy groups -OCH3 is 1. The molecule has 1 amide bonds. The second-order valence-corrected chi connectivity index (χ2v) is 7.63. The lowest BCUT2D eigenvalue weighted by Gasteiger charge is -2.33. The summed E-state index contributed by atoms with van der Waals surface area (Å²) in [5.74, 6) is 0.580.